The van der Waals surface area contributed by atoms with Gasteiger partial charge in [-0.05, 0) is 54.1 Å². The van der Waals surface area contributed by atoms with Crippen LogP contribution in [0, 0.1) is 12.7 Å². The molecule has 0 radical (unpaired) electrons. The summed E-state index contributed by atoms with van der Waals surface area (Å²) in [5, 5.41) is 0. The Balaban J connectivity index is 1.63. The lowest BCUT2D eigenvalue weighted by atomic mass is 10.1. The van der Waals surface area contributed by atoms with E-state index in [1.807, 2.05) is 42.7 Å². The molecule has 1 amide bonds. The molecule has 0 aliphatic carbocycles. The minimum atomic E-state index is -0.228. The molecule has 0 N–H and O–H groups in total. The Kier molecular flexibility index (Phi) is 5.60. The quantitative estimate of drug-likeness (QED) is 0.703. The highest BCUT2D eigenvalue weighted by Crippen LogP contribution is 2.32. The number of benzene rings is 2. The molecule has 1 heterocycles. The van der Waals surface area contributed by atoms with Crippen LogP contribution in [0.4, 0.5) is 4.39 Å². The summed E-state index contributed by atoms with van der Waals surface area (Å²) in [5.74, 6) is 0.263. The molecule has 0 saturated carbocycles. The number of aryl methyl sites for hydroxylation is 1. The van der Waals surface area contributed by atoms with Crippen LogP contribution in [0.3, 0.4) is 0 Å². The Bertz CT molecular complexity index is 860. The second-order valence-electron chi connectivity index (χ2n) is 5.44. The van der Waals surface area contributed by atoms with Crippen molar-refractivity contribution in [3.8, 4) is 5.75 Å². The molecular weight excluding hydrogens is 357 g/mol. The zero-order valence-electron chi connectivity index (χ0n) is 13.8. The van der Waals surface area contributed by atoms with Gasteiger partial charge in [-0.25, -0.2) is 4.39 Å². The lowest BCUT2D eigenvalue weighted by Gasteiger charge is -2.07. The maximum Gasteiger partial charge on any atom is 0.285 e. The first kappa shape index (κ1) is 17.8. The minimum Gasteiger partial charge on any atom is -0.489 e. The Morgan fingerprint density at radius 3 is 2.64 bits per heavy atom. The number of ether oxygens (including phenoxy) is 1. The molecule has 1 aliphatic heterocycles. The first-order chi connectivity index (χ1) is 12.0. The van der Waals surface area contributed by atoms with Crippen LogP contribution in [-0.4, -0.2) is 16.5 Å². The summed E-state index contributed by atoms with van der Waals surface area (Å²) >= 11 is 2.85. The molecule has 1 aliphatic rings. The van der Waals surface area contributed by atoms with Gasteiger partial charge < -0.3 is 4.74 Å². The van der Waals surface area contributed by atoms with E-state index >= 15 is 0 Å². The Hall–Kier alpha value is -2.05. The van der Waals surface area contributed by atoms with Gasteiger partial charge in [-0.2, -0.15) is 4.99 Å². The van der Waals surface area contributed by atoms with Crippen molar-refractivity contribution in [2.75, 3.05) is 6.26 Å². The van der Waals surface area contributed by atoms with Crippen LogP contribution in [0.25, 0.3) is 6.08 Å². The van der Waals surface area contributed by atoms with E-state index in [0.717, 1.165) is 15.5 Å². The molecular formula is C19H16FNO2S2. The van der Waals surface area contributed by atoms with Crippen LogP contribution < -0.4 is 4.74 Å². The van der Waals surface area contributed by atoms with Crippen molar-refractivity contribution in [2.24, 2.45) is 4.99 Å². The molecule has 3 nitrogen and oxygen atoms in total. The number of nitrogens with zero attached hydrogens (tertiary/aromatic N) is 1. The summed E-state index contributed by atoms with van der Waals surface area (Å²) in [6, 6.07) is 12.5. The van der Waals surface area contributed by atoms with Gasteiger partial charge in [0.05, 0.1) is 4.91 Å². The van der Waals surface area contributed by atoms with E-state index < -0.39 is 0 Å². The first-order valence-corrected chi connectivity index (χ1v) is 9.64. The lowest BCUT2D eigenvalue weighted by Crippen LogP contribution is -1.97. The van der Waals surface area contributed by atoms with Gasteiger partial charge in [-0.15, -0.1) is 11.8 Å². The molecule has 6 heteroatoms. The predicted octanol–water partition coefficient (Wildman–Crippen LogP) is 5.05. The number of hydrogen-bond acceptors (Lipinski definition) is 4. The van der Waals surface area contributed by atoms with Gasteiger partial charge >= 0.3 is 0 Å². The molecule has 0 bridgehead atoms. The third-order valence-corrected chi connectivity index (χ3v) is 5.56. The number of halogens is 1. The standard InChI is InChI=1S/C19H16FNO2S2/c1-12-3-4-14(9-16(12)20)11-23-15-7-5-13(6-8-15)10-17-18(22)21-19(24-2)25-17/h3-10H,11H2,1-2H3. The second-order valence-corrected chi connectivity index (χ2v) is 7.52. The third-order valence-electron chi connectivity index (χ3n) is 3.60. The van der Waals surface area contributed by atoms with Crippen molar-refractivity contribution < 1.29 is 13.9 Å². The fourth-order valence-corrected chi connectivity index (χ4v) is 3.60. The van der Waals surface area contributed by atoms with Crippen LogP contribution in [0.2, 0.25) is 0 Å². The van der Waals surface area contributed by atoms with Crippen LogP contribution in [-0.2, 0) is 11.4 Å². The maximum absolute atomic E-state index is 13.5. The van der Waals surface area contributed by atoms with Gasteiger partial charge in [-0.1, -0.05) is 36.0 Å². The average Bonchev–Trinajstić information content (AvgIpc) is 2.97. The Morgan fingerprint density at radius 2 is 2.00 bits per heavy atom. The molecule has 25 heavy (non-hydrogen) atoms. The Labute approximate surface area is 154 Å². The maximum atomic E-state index is 13.5. The number of aliphatic imine (C=N–C) groups is 1. The fourth-order valence-electron chi connectivity index (χ4n) is 2.18. The monoisotopic (exact) mass is 373 g/mol. The number of thioether (sulfide) groups is 2. The summed E-state index contributed by atoms with van der Waals surface area (Å²) in [4.78, 5) is 16.4. The Morgan fingerprint density at radius 1 is 1.24 bits per heavy atom. The van der Waals surface area contributed by atoms with Gasteiger partial charge in [0.25, 0.3) is 5.91 Å². The van der Waals surface area contributed by atoms with Gasteiger partial charge in [0, 0.05) is 0 Å². The number of carbonyl (C=O) groups is 1. The average molecular weight is 373 g/mol. The predicted molar refractivity (Wildman–Crippen MR) is 103 cm³/mol. The summed E-state index contributed by atoms with van der Waals surface area (Å²) in [6.45, 7) is 2.03. The van der Waals surface area contributed by atoms with Crippen molar-refractivity contribution in [2.45, 2.75) is 13.5 Å². The molecule has 2 aromatic rings. The van der Waals surface area contributed by atoms with E-state index in [1.54, 1.807) is 13.0 Å². The van der Waals surface area contributed by atoms with E-state index in [-0.39, 0.29) is 11.7 Å². The summed E-state index contributed by atoms with van der Waals surface area (Å²) in [5.41, 5.74) is 2.31. The highest BCUT2D eigenvalue weighted by Gasteiger charge is 2.20. The summed E-state index contributed by atoms with van der Waals surface area (Å²) < 4.78 is 20.0. The third kappa shape index (κ3) is 4.52. The van der Waals surface area contributed by atoms with Crippen molar-refractivity contribution in [1.82, 2.24) is 0 Å². The number of carbonyl (C=O) groups excluding carboxylic acids is 1. The number of amides is 1. The van der Waals surface area contributed by atoms with Gasteiger partial charge in [-0.3, -0.25) is 4.79 Å². The van der Waals surface area contributed by atoms with E-state index in [0.29, 0.717) is 22.8 Å². The molecule has 0 saturated heterocycles. The summed E-state index contributed by atoms with van der Waals surface area (Å²) in [6.07, 6.45) is 3.72. The number of rotatable bonds is 4. The van der Waals surface area contributed by atoms with Crippen molar-refractivity contribution in [3.63, 3.8) is 0 Å². The zero-order chi connectivity index (χ0) is 17.8. The largest absolute Gasteiger partial charge is 0.489 e. The minimum absolute atomic E-state index is 0.198. The molecule has 0 aromatic heterocycles. The van der Waals surface area contributed by atoms with E-state index in [2.05, 4.69) is 4.99 Å². The summed E-state index contributed by atoms with van der Waals surface area (Å²) in [7, 11) is 0. The van der Waals surface area contributed by atoms with Crippen molar-refractivity contribution in [3.05, 3.63) is 69.9 Å². The smallest absolute Gasteiger partial charge is 0.285 e. The zero-order valence-corrected chi connectivity index (χ0v) is 15.4. The van der Waals surface area contributed by atoms with Crippen LogP contribution in [0.15, 0.2) is 52.4 Å². The first-order valence-electron chi connectivity index (χ1n) is 7.59. The lowest BCUT2D eigenvalue weighted by molar-refractivity contribution is -0.113. The van der Waals surface area contributed by atoms with Gasteiger partial charge in [0.2, 0.25) is 0 Å². The van der Waals surface area contributed by atoms with Crippen LogP contribution in [0.5, 0.6) is 5.75 Å². The fraction of sp³-hybridized carbons (Fsp3) is 0.158. The highest BCUT2D eigenvalue weighted by molar-refractivity contribution is 8.40. The van der Waals surface area contributed by atoms with E-state index in [1.165, 1.54) is 29.6 Å². The number of hydrogen-bond donors (Lipinski definition) is 0. The van der Waals surface area contributed by atoms with Crippen molar-refractivity contribution >= 4 is 39.9 Å². The normalized spacial score (nSPS) is 15.6. The van der Waals surface area contributed by atoms with Crippen molar-refractivity contribution in [1.29, 1.82) is 0 Å². The molecule has 0 spiro atoms. The van der Waals surface area contributed by atoms with Gasteiger partial charge in [0.1, 0.15) is 22.5 Å². The highest BCUT2D eigenvalue weighted by atomic mass is 32.2. The van der Waals surface area contributed by atoms with E-state index in [9.17, 15) is 9.18 Å². The van der Waals surface area contributed by atoms with E-state index in [4.69, 9.17) is 4.74 Å². The molecule has 128 valence electrons. The second kappa shape index (κ2) is 7.89. The van der Waals surface area contributed by atoms with Crippen LogP contribution >= 0.6 is 23.5 Å². The SMILES string of the molecule is CSC1=NC(=O)C(=Cc2ccc(OCc3ccc(C)c(F)c3)cc2)S1. The molecule has 2 aromatic carbocycles. The molecule has 0 atom stereocenters. The molecule has 3 rings (SSSR count). The van der Waals surface area contributed by atoms with Crippen LogP contribution in [0.1, 0.15) is 16.7 Å². The van der Waals surface area contributed by atoms with Gasteiger partial charge in [0.15, 0.2) is 0 Å². The molecule has 0 fully saturated rings. The molecule has 0 unspecified atom stereocenters. The topological polar surface area (TPSA) is 38.7 Å².